The van der Waals surface area contributed by atoms with Crippen LogP contribution in [0.1, 0.15) is 52.1 Å². The average Bonchev–Trinajstić information content (AvgIpc) is 3.70. The number of carboxylic acids is 1. The Morgan fingerprint density at radius 3 is 2.57 bits per heavy atom. The van der Waals surface area contributed by atoms with Gasteiger partial charge in [-0.15, -0.1) is 12.1 Å². The van der Waals surface area contributed by atoms with E-state index in [0.717, 1.165) is 37.1 Å². The topological polar surface area (TPSA) is 172 Å². The number of halogens is 2. The predicted molar refractivity (Wildman–Crippen MR) is 190 cm³/mol. The maximum Gasteiger partial charge on any atom is 0.358 e. The normalized spacial score (nSPS) is 16.8. The molecular formula is C37H37F2IrN6O6S-. The second kappa shape index (κ2) is 20.4. The van der Waals surface area contributed by atoms with Crippen LogP contribution in [0.15, 0.2) is 79.1 Å². The Morgan fingerprint density at radius 1 is 0.981 bits per heavy atom. The molecule has 12 nitrogen and oxygen atoms in total. The summed E-state index contributed by atoms with van der Waals surface area (Å²) in [5, 5.41) is 21.1. The number of nitrogens with one attached hydrogen (secondary N) is 4. The van der Waals surface area contributed by atoms with Crippen LogP contribution < -0.4 is 26.0 Å². The van der Waals surface area contributed by atoms with Gasteiger partial charge >= 0.3 is 12.0 Å². The van der Waals surface area contributed by atoms with E-state index < -0.39 is 17.6 Å². The molecule has 6 rings (SSSR count). The molecule has 4 amide bonds. The van der Waals surface area contributed by atoms with Crippen LogP contribution in [-0.4, -0.2) is 75.1 Å². The van der Waals surface area contributed by atoms with Gasteiger partial charge in [-0.3, -0.25) is 18.4 Å². The largest absolute Gasteiger partial charge is 0.486 e. The van der Waals surface area contributed by atoms with E-state index in [9.17, 15) is 33.1 Å². The van der Waals surface area contributed by atoms with Crippen molar-refractivity contribution in [2.45, 2.75) is 49.6 Å². The Balaban J connectivity index is 0.000000349. The van der Waals surface area contributed by atoms with Gasteiger partial charge in [0.05, 0.1) is 12.1 Å². The third kappa shape index (κ3) is 12.1. The number of urea groups is 1. The summed E-state index contributed by atoms with van der Waals surface area (Å²) >= 11 is 1.87. The molecule has 2 aromatic carbocycles. The number of aromatic nitrogens is 2. The van der Waals surface area contributed by atoms with E-state index in [2.05, 4.69) is 37.3 Å². The van der Waals surface area contributed by atoms with Crippen molar-refractivity contribution in [2.24, 2.45) is 0 Å². The first-order valence-electron chi connectivity index (χ1n) is 16.6. The van der Waals surface area contributed by atoms with Crippen molar-refractivity contribution in [3.05, 3.63) is 114 Å². The van der Waals surface area contributed by atoms with Gasteiger partial charge in [0.25, 0.3) is 5.91 Å². The quantitative estimate of drug-likeness (QED) is 0.0681. The van der Waals surface area contributed by atoms with Crippen LogP contribution in [-0.2, 0) is 31.5 Å². The molecule has 3 atom stereocenters. The SMILES string of the molecule is Fc1c[c-]c(-c2ccccn2)c(F)c1.O=C(CCCCC1SCC2NC(=O)NC21)NCCNC(=O)c1cccc(COc2cccnc2C(=O)O)c1.[Ir]. The number of amides is 4. The van der Waals surface area contributed by atoms with Gasteiger partial charge < -0.3 is 36.1 Å². The predicted octanol–water partition coefficient (Wildman–Crippen LogP) is 4.76. The van der Waals surface area contributed by atoms with Crippen molar-refractivity contribution in [1.29, 1.82) is 0 Å². The van der Waals surface area contributed by atoms with Gasteiger partial charge in [-0.05, 0) is 54.4 Å². The van der Waals surface area contributed by atoms with Crippen LogP contribution in [0.2, 0.25) is 0 Å². The fourth-order valence-corrected chi connectivity index (χ4v) is 7.17. The monoisotopic (exact) mass is 924 g/mol. The molecule has 0 bridgehead atoms. The van der Waals surface area contributed by atoms with E-state index in [4.69, 9.17) is 4.74 Å². The van der Waals surface area contributed by atoms with Gasteiger partial charge in [-0.2, -0.15) is 11.8 Å². The molecule has 2 aliphatic rings. The van der Waals surface area contributed by atoms with Gasteiger partial charge in [-0.25, -0.2) is 14.6 Å². The third-order valence-corrected chi connectivity index (χ3v) is 9.66. The van der Waals surface area contributed by atoms with Crippen LogP contribution in [0.4, 0.5) is 13.6 Å². The molecule has 53 heavy (non-hydrogen) atoms. The number of carbonyl (C=O) groups is 4. The van der Waals surface area contributed by atoms with Crippen LogP contribution in [0.5, 0.6) is 5.75 Å². The summed E-state index contributed by atoms with van der Waals surface area (Å²) < 4.78 is 31.4. The number of hydrogen-bond donors (Lipinski definition) is 5. The number of aromatic carboxylic acids is 1. The molecule has 4 heterocycles. The van der Waals surface area contributed by atoms with Crippen LogP contribution in [0.3, 0.4) is 0 Å². The van der Waals surface area contributed by atoms with Crippen LogP contribution in [0, 0.1) is 17.7 Å². The smallest absolute Gasteiger partial charge is 0.358 e. The number of thioether (sulfide) groups is 1. The van der Waals surface area contributed by atoms with Gasteiger partial charge in [-0.1, -0.05) is 42.3 Å². The molecule has 2 fully saturated rings. The van der Waals surface area contributed by atoms with E-state index in [1.807, 2.05) is 11.8 Å². The summed E-state index contributed by atoms with van der Waals surface area (Å²) in [4.78, 5) is 55.1. The van der Waals surface area contributed by atoms with E-state index >= 15 is 0 Å². The summed E-state index contributed by atoms with van der Waals surface area (Å²) in [6.45, 7) is 0.694. The zero-order valence-electron chi connectivity index (χ0n) is 28.3. The van der Waals surface area contributed by atoms with Crippen molar-refractivity contribution in [1.82, 2.24) is 31.2 Å². The first-order valence-corrected chi connectivity index (χ1v) is 17.6. The van der Waals surface area contributed by atoms with Crippen molar-refractivity contribution in [3.8, 4) is 17.0 Å². The first kappa shape index (κ1) is 40.8. The van der Waals surface area contributed by atoms with Crippen LogP contribution in [0.25, 0.3) is 11.3 Å². The Labute approximate surface area is 322 Å². The van der Waals surface area contributed by atoms with Gasteiger partial charge in [0.1, 0.15) is 6.61 Å². The van der Waals surface area contributed by atoms with Crippen molar-refractivity contribution < 1.29 is 57.9 Å². The van der Waals surface area contributed by atoms with Crippen molar-refractivity contribution >= 4 is 35.6 Å². The van der Waals surface area contributed by atoms with E-state index in [0.29, 0.717) is 35.0 Å². The number of benzene rings is 2. The molecular weight excluding hydrogens is 887 g/mol. The molecule has 0 aliphatic carbocycles. The second-order valence-corrected chi connectivity index (χ2v) is 13.1. The van der Waals surface area contributed by atoms with Crippen LogP contribution >= 0.6 is 11.8 Å². The minimum absolute atomic E-state index is 0. The van der Waals surface area contributed by atoms with E-state index in [-0.39, 0.29) is 80.2 Å². The maximum atomic E-state index is 13.2. The van der Waals surface area contributed by atoms with Crippen molar-refractivity contribution in [2.75, 3.05) is 18.8 Å². The Hall–Kier alpha value is -4.92. The molecule has 3 unspecified atom stereocenters. The van der Waals surface area contributed by atoms with Crippen molar-refractivity contribution in [3.63, 3.8) is 0 Å². The number of hydrogen-bond acceptors (Lipinski definition) is 8. The zero-order chi connectivity index (χ0) is 36.9. The van der Waals surface area contributed by atoms with E-state index in [1.165, 1.54) is 12.3 Å². The molecule has 1 radical (unpaired) electrons. The summed E-state index contributed by atoms with van der Waals surface area (Å²) in [6, 6.07) is 19.8. The first-order chi connectivity index (χ1) is 25.2. The molecule has 2 aromatic heterocycles. The molecule has 5 N–H and O–H groups in total. The maximum absolute atomic E-state index is 13.2. The molecule has 0 spiro atoms. The number of rotatable bonds is 14. The average molecular weight is 924 g/mol. The Morgan fingerprint density at radius 2 is 1.79 bits per heavy atom. The summed E-state index contributed by atoms with van der Waals surface area (Å²) in [5.41, 5.74) is 1.59. The zero-order valence-corrected chi connectivity index (χ0v) is 31.5. The van der Waals surface area contributed by atoms with E-state index in [1.54, 1.807) is 54.7 Å². The molecule has 16 heteroatoms. The molecule has 4 aromatic rings. The van der Waals surface area contributed by atoms with Gasteiger partial charge in [0, 0.05) is 80.2 Å². The number of pyridine rings is 2. The van der Waals surface area contributed by atoms with Gasteiger partial charge in [0.15, 0.2) is 11.4 Å². The number of nitrogens with zero attached hydrogens (tertiary/aromatic N) is 2. The second-order valence-electron chi connectivity index (χ2n) is 11.9. The number of carbonyl (C=O) groups excluding carboxylic acids is 3. The number of fused-ring (bicyclic) bond motifs is 1. The minimum atomic E-state index is -1.18. The summed E-state index contributed by atoms with van der Waals surface area (Å²) in [7, 11) is 0. The Bertz CT molecular complexity index is 1880. The Kier molecular flexibility index (Phi) is 15.7. The molecule has 2 aliphatic heterocycles. The third-order valence-electron chi connectivity index (χ3n) is 8.15. The fourth-order valence-electron chi connectivity index (χ4n) is 5.63. The summed E-state index contributed by atoms with van der Waals surface area (Å²) in [6.07, 6.45) is 6.00. The van der Waals surface area contributed by atoms with Gasteiger partial charge in [0.2, 0.25) is 5.91 Å². The number of ether oxygens (including phenoxy) is 1. The molecule has 281 valence electrons. The minimum Gasteiger partial charge on any atom is -0.486 e. The number of carboxylic acid groups (broad SMARTS) is 1. The molecule has 0 saturated carbocycles. The fraction of sp³-hybridized carbons (Fsp3) is 0.297. The standard InChI is InChI=1S/C26H31N5O6S.C11H6F2N.Ir/c32-21(9-2-1-8-20-22-18(15-38-20)30-26(36)31-22)27-11-12-29-24(33)17-6-3-5-16(13-17)14-37-19-7-4-10-28-23(19)25(34)35;12-8-4-5-9(10(13)7-8)11-3-1-2-6-14-11;/h3-7,10,13,18,20,22H,1-2,8-9,11-12,14-15H2,(H,27,32)(H,29,33)(H,34,35)(H2,30,31,36);1-4,6-7H;/q;-1;. The molecule has 2 saturated heterocycles. The number of unbranched alkanes of at least 4 members (excludes halogenated alkanes) is 1. The summed E-state index contributed by atoms with van der Waals surface area (Å²) in [5.74, 6) is -1.73.